The van der Waals surface area contributed by atoms with Gasteiger partial charge in [-0.05, 0) is 30.7 Å². The molecular weight excluding hydrogens is 218 g/mol. The predicted octanol–water partition coefficient (Wildman–Crippen LogP) is 3.68. The molecule has 1 atom stereocenters. The lowest BCUT2D eigenvalue weighted by Crippen LogP contribution is -2.31. The first kappa shape index (κ1) is 13.3. The molecule has 0 bridgehead atoms. The molecule has 0 radical (unpaired) electrons. The molecule has 0 spiro atoms. The van der Waals surface area contributed by atoms with Gasteiger partial charge in [0.25, 0.3) is 0 Å². The zero-order valence-corrected chi connectivity index (χ0v) is 10.8. The fourth-order valence-electron chi connectivity index (χ4n) is 1.73. The maximum absolute atomic E-state index is 5.98. The van der Waals surface area contributed by atoms with Crippen LogP contribution in [0.15, 0.2) is 36.9 Å². The molecule has 88 valence electrons. The van der Waals surface area contributed by atoms with Crippen molar-refractivity contribution in [2.24, 2.45) is 5.41 Å². The number of nitrogens with one attached hydrogen (secondary N) is 1. The van der Waals surface area contributed by atoms with E-state index >= 15 is 0 Å². The van der Waals surface area contributed by atoms with Crippen LogP contribution in [0.5, 0.6) is 0 Å². The van der Waals surface area contributed by atoms with Crippen LogP contribution in [0.2, 0.25) is 5.02 Å². The third kappa shape index (κ3) is 3.99. The van der Waals surface area contributed by atoms with Crippen LogP contribution in [0.25, 0.3) is 0 Å². The van der Waals surface area contributed by atoms with E-state index in [1.165, 1.54) is 5.56 Å². The summed E-state index contributed by atoms with van der Waals surface area (Å²) in [5.74, 6) is 0. The van der Waals surface area contributed by atoms with Gasteiger partial charge in [0.1, 0.15) is 0 Å². The zero-order valence-electron chi connectivity index (χ0n) is 10.1. The van der Waals surface area contributed by atoms with E-state index in [0.29, 0.717) is 0 Å². The van der Waals surface area contributed by atoms with Crippen LogP contribution < -0.4 is 5.32 Å². The Labute approximate surface area is 104 Å². The van der Waals surface area contributed by atoms with E-state index in [4.69, 9.17) is 11.6 Å². The number of hydrogen-bond donors (Lipinski definition) is 1. The van der Waals surface area contributed by atoms with E-state index < -0.39 is 0 Å². The Bertz CT molecular complexity index is 348. The minimum atomic E-state index is 0.0840. The van der Waals surface area contributed by atoms with Gasteiger partial charge in [0, 0.05) is 17.0 Å². The predicted molar refractivity (Wildman–Crippen MR) is 72.0 cm³/mol. The summed E-state index contributed by atoms with van der Waals surface area (Å²) in [4.78, 5) is 0. The lowest BCUT2D eigenvalue weighted by atomic mass is 9.83. The number of benzene rings is 1. The quantitative estimate of drug-likeness (QED) is 0.745. The SMILES string of the molecule is C=CC(C)(CNCC)Cc1cccc(Cl)c1. The molecule has 1 N–H and O–H groups in total. The summed E-state index contributed by atoms with van der Waals surface area (Å²) in [5, 5.41) is 4.17. The van der Waals surface area contributed by atoms with Crippen molar-refractivity contribution in [2.45, 2.75) is 20.3 Å². The molecule has 1 unspecified atom stereocenters. The van der Waals surface area contributed by atoms with Crippen LogP contribution in [-0.2, 0) is 6.42 Å². The molecule has 16 heavy (non-hydrogen) atoms. The summed E-state index contributed by atoms with van der Waals surface area (Å²) < 4.78 is 0. The van der Waals surface area contributed by atoms with Gasteiger partial charge in [0.05, 0.1) is 0 Å². The molecule has 1 nitrogen and oxygen atoms in total. The molecular formula is C14H20ClN. The van der Waals surface area contributed by atoms with E-state index in [9.17, 15) is 0 Å². The van der Waals surface area contributed by atoms with Gasteiger partial charge in [0.2, 0.25) is 0 Å². The summed E-state index contributed by atoms with van der Waals surface area (Å²) in [6.45, 7) is 10.2. The highest BCUT2D eigenvalue weighted by Crippen LogP contribution is 2.24. The molecule has 1 rings (SSSR count). The Hall–Kier alpha value is -0.790. The van der Waals surface area contributed by atoms with Crippen LogP contribution in [0.3, 0.4) is 0 Å². The molecule has 0 saturated carbocycles. The first-order valence-corrected chi connectivity index (χ1v) is 6.06. The van der Waals surface area contributed by atoms with Gasteiger partial charge < -0.3 is 5.32 Å². The van der Waals surface area contributed by atoms with Gasteiger partial charge >= 0.3 is 0 Å². The second-order valence-corrected chi connectivity index (χ2v) is 4.88. The monoisotopic (exact) mass is 237 g/mol. The molecule has 0 aromatic heterocycles. The summed E-state index contributed by atoms with van der Waals surface area (Å²) in [6.07, 6.45) is 2.99. The van der Waals surface area contributed by atoms with Crippen molar-refractivity contribution in [2.75, 3.05) is 13.1 Å². The molecule has 0 fully saturated rings. The second kappa shape index (κ2) is 6.07. The molecule has 2 heteroatoms. The summed E-state index contributed by atoms with van der Waals surface area (Å²) in [6, 6.07) is 8.03. The van der Waals surface area contributed by atoms with Gasteiger partial charge in [-0.25, -0.2) is 0 Å². The van der Waals surface area contributed by atoms with Crippen LogP contribution in [0.1, 0.15) is 19.4 Å². The highest BCUT2D eigenvalue weighted by atomic mass is 35.5. The average Bonchev–Trinajstić information content (AvgIpc) is 2.26. The Morgan fingerprint density at radius 3 is 2.81 bits per heavy atom. The van der Waals surface area contributed by atoms with Crippen LogP contribution in [0.4, 0.5) is 0 Å². The van der Waals surface area contributed by atoms with E-state index in [2.05, 4.69) is 31.8 Å². The van der Waals surface area contributed by atoms with Crippen molar-refractivity contribution >= 4 is 11.6 Å². The number of rotatable bonds is 6. The van der Waals surface area contributed by atoms with E-state index in [-0.39, 0.29) is 5.41 Å². The van der Waals surface area contributed by atoms with Crippen molar-refractivity contribution in [1.82, 2.24) is 5.32 Å². The fourth-order valence-corrected chi connectivity index (χ4v) is 1.94. The molecule has 0 amide bonds. The first-order valence-electron chi connectivity index (χ1n) is 5.68. The van der Waals surface area contributed by atoms with Gasteiger partial charge in [-0.1, -0.05) is 43.7 Å². The normalized spacial score (nSPS) is 14.4. The Kier molecular flexibility index (Phi) is 5.04. The molecule has 1 aromatic carbocycles. The minimum absolute atomic E-state index is 0.0840. The lowest BCUT2D eigenvalue weighted by Gasteiger charge is -2.26. The zero-order chi connectivity index (χ0) is 12.0. The molecule has 0 heterocycles. The van der Waals surface area contributed by atoms with Gasteiger partial charge in [-0.3, -0.25) is 0 Å². The topological polar surface area (TPSA) is 12.0 Å². The molecule has 0 aliphatic carbocycles. The third-order valence-electron chi connectivity index (χ3n) is 2.77. The summed E-state index contributed by atoms with van der Waals surface area (Å²) in [7, 11) is 0. The largest absolute Gasteiger partial charge is 0.316 e. The van der Waals surface area contributed by atoms with Gasteiger partial charge in [-0.15, -0.1) is 6.58 Å². The van der Waals surface area contributed by atoms with Crippen molar-refractivity contribution in [3.8, 4) is 0 Å². The van der Waals surface area contributed by atoms with Crippen LogP contribution >= 0.6 is 11.6 Å². The van der Waals surface area contributed by atoms with E-state index in [1.807, 2.05) is 24.3 Å². The maximum Gasteiger partial charge on any atom is 0.0408 e. The Morgan fingerprint density at radius 1 is 1.50 bits per heavy atom. The van der Waals surface area contributed by atoms with E-state index in [0.717, 1.165) is 24.5 Å². The average molecular weight is 238 g/mol. The molecule has 0 aliphatic heterocycles. The third-order valence-corrected chi connectivity index (χ3v) is 3.00. The Morgan fingerprint density at radius 2 is 2.25 bits per heavy atom. The van der Waals surface area contributed by atoms with Crippen molar-refractivity contribution in [1.29, 1.82) is 0 Å². The minimum Gasteiger partial charge on any atom is -0.316 e. The van der Waals surface area contributed by atoms with Crippen LogP contribution in [-0.4, -0.2) is 13.1 Å². The highest BCUT2D eigenvalue weighted by Gasteiger charge is 2.20. The lowest BCUT2D eigenvalue weighted by molar-refractivity contribution is 0.396. The Balaban J connectivity index is 2.72. The summed E-state index contributed by atoms with van der Waals surface area (Å²) in [5.41, 5.74) is 1.34. The van der Waals surface area contributed by atoms with Crippen LogP contribution in [0, 0.1) is 5.41 Å². The van der Waals surface area contributed by atoms with Gasteiger partial charge in [-0.2, -0.15) is 0 Å². The van der Waals surface area contributed by atoms with Crippen molar-refractivity contribution in [3.63, 3.8) is 0 Å². The summed E-state index contributed by atoms with van der Waals surface area (Å²) >= 11 is 5.98. The van der Waals surface area contributed by atoms with Gasteiger partial charge in [0.15, 0.2) is 0 Å². The second-order valence-electron chi connectivity index (χ2n) is 4.45. The number of halogens is 1. The molecule has 0 aliphatic rings. The van der Waals surface area contributed by atoms with Crippen molar-refractivity contribution < 1.29 is 0 Å². The first-order chi connectivity index (χ1) is 7.59. The molecule has 0 saturated heterocycles. The molecule has 1 aromatic rings. The van der Waals surface area contributed by atoms with Crippen molar-refractivity contribution in [3.05, 3.63) is 47.5 Å². The fraction of sp³-hybridized carbons (Fsp3) is 0.429. The number of hydrogen-bond acceptors (Lipinski definition) is 1. The van der Waals surface area contributed by atoms with E-state index in [1.54, 1.807) is 0 Å². The smallest absolute Gasteiger partial charge is 0.0408 e. The standard InChI is InChI=1S/C14H20ClN/c1-4-14(3,11-16-5-2)10-12-7-6-8-13(15)9-12/h4,6-9,16H,1,5,10-11H2,2-3H3. The maximum atomic E-state index is 5.98. The highest BCUT2D eigenvalue weighted by molar-refractivity contribution is 6.30.